The van der Waals surface area contributed by atoms with Crippen LogP contribution in [0.1, 0.15) is 18.4 Å². The van der Waals surface area contributed by atoms with Gasteiger partial charge in [0.2, 0.25) is 10.0 Å². The topological polar surface area (TPSA) is 58.2 Å². The molecular weight excluding hydrogens is 284 g/mol. The van der Waals surface area contributed by atoms with Crippen molar-refractivity contribution in [3.05, 3.63) is 34.9 Å². The van der Waals surface area contributed by atoms with Crippen LogP contribution in [0.25, 0.3) is 0 Å². The van der Waals surface area contributed by atoms with Crippen molar-refractivity contribution in [2.75, 3.05) is 18.8 Å². The van der Waals surface area contributed by atoms with E-state index >= 15 is 0 Å². The van der Waals surface area contributed by atoms with E-state index in [-0.39, 0.29) is 11.7 Å². The van der Waals surface area contributed by atoms with Crippen LogP contribution in [0.2, 0.25) is 5.02 Å². The molecule has 1 saturated heterocycles. The van der Waals surface area contributed by atoms with Gasteiger partial charge in [-0.25, -0.2) is 13.1 Å². The summed E-state index contributed by atoms with van der Waals surface area (Å²) in [4.78, 5) is 0. The highest BCUT2D eigenvalue weighted by molar-refractivity contribution is 7.89. The second-order valence-corrected chi connectivity index (χ2v) is 7.23. The molecule has 1 atom stereocenters. The molecule has 0 aliphatic carbocycles. The molecule has 106 valence electrons. The standard InChI is InChI=1S/C13H19ClN2O2S/c14-13-5-3-11(4-6-13)9-16-19(17,18)10-12-2-1-7-15-8-12/h3-6,12,15-16H,1-2,7-10H2. The Balaban J connectivity index is 1.84. The lowest BCUT2D eigenvalue weighted by molar-refractivity contribution is 0.402. The fourth-order valence-electron chi connectivity index (χ4n) is 2.23. The normalized spacial score (nSPS) is 20.4. The highest BCUT2D eigenvalue weighted by Crippen LogP contribution is 2.13. The molecule has 0 spiro atoms. The average molecular weight is 303 g/mol. The molecule has 4 nitrogen and oxygen atoms in total. The first-order chi connectivity index (χ1) is 9.05. The minimum absolute atomic E-state index is 0.202. The number of sulfonamides is 1. The molecule has 6 heteroatoms. The SMILES string of the molecule is O=S(=O)(CC1CCCNC1)NCc1ccc(Cl)cc1. The van der Waals surface area contributed by atoms with Gasteiger partial charge in [-0.3, -0.25) is 0 Å². The van der Waals surface area contributed by atoms with Gasteiger partial charge in [-0.1, -0.05) is 23.7 Å². The summed E-state index contributed by atoms with van der Waals surface area (Å²) in [5, 5.41) is 3.88. The fourth-order valence-corrected chi connectivity index (χ4v) is 3.77. The minimum Gasteiger partial charge on any atom is -0.316 e. The zero-order valence-electron chi connectivity index (χ0n) is 10.7. The predicted molar refractivity (Wildman–Crippen MR) is 77.7 cm³/mol. The smallest absolute Gasteiger partial charge is 0.212 e. The van der Waals surface area contributed by atoms with E-state index in [2.05, 4.69) is 10.0 Å². The zero-order chi connectivity index (χ0) is 13.7. The van der Waals surface area contributed by atoms with E-state index in [0.717, 1.165) is 31.5 Å². The molecule has 1 unspecified atom stereocenters. The van der Waals surface area contributed by atoms with Crippen molar-refractivity contribution in [3.8, 4) is 0 Å². The minimum atomic E-state index is -3.21. The van der Waals surface area contributed by atoms with Crippen LogP contribution in [0.5, 0.6) is 0 Å². The van der Waals surface area contributed by atoms with E-state index in [1.165, 1.54) is 0 Å². The van der Waals surface area contributed by atoms with Gasteiger partial charge in [0.1, 0.15) is 0 Å². The molecule has 2 N–H and O–H groups in total. The van der Waals surface area contributed by atoms with Crippen LogP contribution in [0.4, 0.5) is 0 Å². The van der Waals surface area contributed by atoms with Crippen LogP contribution < -0.4 is 10.0 Å². The van der Waals surface area contributed by atoms with Crippen molar-refractivity contribution in [2.45, 2.75) is 19.4 Å². The Kier molecular flexibility index (Phi) is 5.21. The van der Waals surface area contributed by atoms with Crippen molar-refractivity contribution in [3.63, 3.8) is 0 Å². The van der Waals surface area contributed by atoms with Gasteiger partial charge in [-0.05, 0) is 49.5 Å². The first kappa shape index (κ1) is 14.8. The van der Waals surface area contributed by atoms with Gasteiger partial charge in [-0.2, -0.15) is 0 Å². The molecule has 0 aromatic heterocycles. The summed E-state index contributed by atoms with van der Waals surface area (Å²) in [7, 11) is -3.21. The van der Waals surface area contributed by atoms with Gasteiger partial charge < -0.3 is 5.32 Å². The molecule has 1 heterocycles. The highest BCUT2D eigenvalue weighted by Gasteiger charge is 2.20. The fraction of sp³-hybridized carbons (Fsp3) is 0.538. The lowest BCUT2D eigenvalue weighted by Gasteiger charge is -2.22. The van der Waals surface area contributed by atoms with Gasteiger partial charge in [0.25, 0.3) is 0 Å². The van der Waals surface area contributed by atoms with Crippen LogP contribution in [0.3, 0.4) is 0 Å². The quantitative estimate of drug-likeness (QED) is 0.871. The first-order valence-electron chi connectivity index (χ1n) is 6.48. The van der Waals surface area contributed by atoms with E-state index in [1.54, 1.807) is 12.1 Å². The third-order valence-electron chi connectivity index (χ3n) is 3.26. The monoisotopic (exact) mass is 302 g/mol. The van der Waals surface area contributed by atoms with Crippen molar-refractivity contribution in [2.24, 2.45) is 5.92 Å². The number of piperidine rings is 1. The lowest BCUT2D eigenvalue weighted by Crippen LogP contribution is -2.37. The largest absolute Gasteiger partial charge is 0.316 e. The molecule has 0 saturated carbocycles. The van der Waals surface area contributed by atoms with Crippen LogP contribution in [0.15, 0.2) is 24.3 Å². The average Bonchev–Trinajstić information content (AvgIpc) is 2.39. The number of rotatable bonds is 5. The van der Waals surface area contributed by atoms with Gasteiger partial charge in [0.05, 0.1) is 5.75 Å². The summed E-state index contributed by atoms with van der Waals surface area (Å²) in [5.41, 5.74) is 0.912. The predicted octanol–water partition coefficient (Wildman–Crippen LogP) is 1.76. The Bertz CT molecular complexity index is 496. The van der Waals surface area contributed by atoms with Crippen LogP contribution in [-0.4, -0.2) is 27.3 Å². The molecule has 1 aromatic carbocycles. The molecule has 1 aromatic rings. The van der Waals surface area contributed by atoms with Crippen LogP contribution >= 0.6 is 11.6 Å². The summed E-state index contributed by atoms with van der Waals surface area (Å²) in [6.07, 6.45) is 2.03. The van der Waals surface area contributed by atoms with E-state index in [0.29, 0.717) is 11.6 Å². The van der Waals surface area contributed by atoms with Crippen LogP contribution in [0, 0.1) is 5.92 Å². The number of halogens is 1. The molecule has 0 amide bonds. The maximum Gasteiger partial charge on any atom is 0.212 e. The summed E-state index contributed by atoms with van der Waals surface area (Å²) >= 11 is 5.78. The maximum atomic E-state index is 12.0. The summed E-state index contributed by atoms with van der Waals surface area (Å²) < 4.78 is 26.6. The Hall–Kier alpha value is -0.620. The van der Waals surface area contributed by atoms with E-state index < -0.39 is 10.0 Å². The Morgan fingerprint density at radius 1 is 1.32 bits per heavy atom. The van der Waals surface area contributed by atoms with Crippen molar-refractivity contribution in [1.82, 2.24) is 10.0 Å². The number of benzene rings is 1. The van der Waals surface area contributed by atoms with E-state index in [4.69, 9.17) is 11.6 Å². The molecule has 1 fully saturated rings. The third-order valence-corrected chi connectivity index (χ3v) is 5.01. The van der Waals surface area contributed by atoms with E-state index in [1.807, 2.05) is 12.1 Å². The van der Waals surface area contributed by atoms with Crippen molar-refractivity contribution >= 4 is 21.6 Å². The second-order valence-electron chi connectivity index (χ2n) is 4.94. The molecule has 1 aliphatic rings. The van der Waals surface area contributed by atoms with Gasteiger partial charge in [0, 0.05) is 11.6 Å². The third kappa shape index (κ3) is 5.10. The lowest BCUT2D eigenvalue weighted by atomic mass is 10.0. The van der Waals surface area contributed by atoms with Gasteiger partial charge >= 0.3 is 0 Å². The molecule has 19 heavy (non-hydrogen) atoms. The summed E-state index contributed by atoms with van der Waals surface area (Å²) in [5.74, 6) is 0.421. The number of nitrogens with one attached hydrogen (secondary N) is 2. The molecule has 2 rings (SSSR count). The summed E-state index contributed by atoms with van der Waals surface area (Å²) in [6.45, 7) is 2.11. The Labute approximate surface area is 119 Å². The second kappa shape index (κ2) is 6.70. The van der Waals surface area contributed by atoms with Gasteiger partial charge in [-0.15, -0.1) is 0 Å². The molecular formula is C13H19ClN2O2S. The summed E-state index contributed by atoms with van der Waals surface area (Å²) in [6, 6.07) is 7.17. The number of hydrogen-bond acceptors (Lipinski definition) is 3. The molecule has 0 bridgehead atoms. The zero-order valence-corrected chi connectivity index (χ0v) is 12.3. The highest BCUT2D eigenvalue weighted by atomic mass is 35.5. The molecule has 1 aliphatic heterocycles. The van der Waals surface area contributed by atoms with Crippen molar-refractivity contribution < 1.29 is 8.42 Å². The molecule has 0 radical (unpaired) electrons. The Morgan fingerprint density at radius 2 is 2.05 bits per heavy atom. The van der Waals surface area contributed by atoms with Crippen molar-refractivity contribution in [1.29, 1.82) is 0 Å². The van der Waals surface area contributed by atoms with Gasteiger partial charge in [0.15, 0.2) is 0 Å². The van der Waals surface area contributed by atoms with Crippen LogP contribution in [-0.2, 0) is 16.6 Å². The first-order valence-corrected chi connectivity index (χ1v) is 8.51. The van der Waals surface area contributed by atoms with E-state index in [9.17, 15) is 8.42 Å². The number of hydrogen-bond donors (Lipinski definition) is 2. The Morgan fingerprint density at radius 3 is 2.68 bits per heavy atom. The maximum absolute atomic E-state index is 12.0.